The highest BCUT2D eigenvalue weighted by atomic mass is 16.6. The normalized spacial score (nSPS) is 22.8. The van der Waals surface area contributed by atoms with Gasteiger partial charge < -0.3 is 14.4 Å². The third-order valence-corrected chi connectivity index (χ3v) is 5.01. The maximum Gasteiger partial charge on any atom is 0.225 e. The van der Waals surface area contributed by atoms with Crippen LogP contribution >= 0.6 is 0 Å². The van der Waals surface area contributed by atoms with Crippen LogP contribution in [0.2, 0.25) is 0 Å². The Bertz CT molecular complexity index is 642. The minimum atomic E-state index is -0.0212. The lowest BCUT2D eigenvalue weighted by atomic mass is 9.88. The predicted molar refractivity (Wildman–Crippen MR) is 91.8 cm³/mol. The topological polar surface area (TPSA) is 47.5 Å². The lowest BCUT2D eigenvalue weighted by Gasteiger charge is -2.38. The Hall–Kier alpha value is -1.98. The van der Waals surface area contributed by atoms with Gasteiger partial charge in [0.1, 0.15) is 0 Å². The van der Waals surface area contributed by atoms with E-state index in [1.165, 1.54) is 5.56 Å². The Labute approximate surface area is 142 Å². The molecular weight excluding hydrogens is 302 g/mol. The van der Waals surface area contributed by atoms with Crippen LogP contribution in [0.3, 0.4) is 0 Å². The van der Waals surface area contributed by atoms with Gasteiger partial charge in [-0.25, -0.2) is 9.97 Å². The van der Waals surface area contributed by atoms with E-state index in [0.717, 1.165) is 38.3 Å². The van der Waals surface area contributed by atoms with Gasteiger partial charge >= 0.3 is 0 Å². The van der Waals surface area contributed by atoms with Crippen molar-refractivity contribution in [1.82, 2.24) is 9.97 Å². The second-order valence-corrected chi connectivity index (χ2v) is 6.65. The van der Waals surface area contributed by atoms with Crippen LogP contribution in [0.5, 0.6) is 0 Å². The Morgan fingerprint density at radius 3 is 2.58 bits per heavy atom. The molecule has 0 N–H and O–H groups in total. The molecule has 1 aromatic carbocycles. The fourth-order valence-electron chi connectivity index (χ4n) is 3.62. The molecule has 0 bridgehead atoms. The summed E-state index contributed by atoms with van der Waals surface area (Å²) in [5.74, 6) is 0.822. The van der Waals surface area contributed by atoms with Crippen molar-refractivity contribution < 1.29 is 9.47 Å². The van der Waals surface area contributed by atoms with Crippen molar-refractivity contribution in [3.8, 4) is 0 Å². The number of rotatable bonds is 4. The first kappa shape index (κ1) is 15.5. The second kappa shape index (κ2) is 6.87. The molecule has 1 atom stereocenters. The standard InChI is InChI=1S/C19H23N3O2/c1-2-5-16(6-3-1)14-23-17-13-19(24-15-17)7-11-22(12-8-19)18-20-9-4-10-21-18/h1-6,9-10,17H,7-8,11-15H2/t17-/m1/s1. The molecule has 2 aromatic rings. The van der Waals surface area contributed by atoms with Crippen molar-refractivity contribution in [2.45, 2.75) is 37.6 Å². The fraction of sp³-hybridized carbons (Fsp3) is 0.474. The first-order valence-electron chi connectivity index (χ1n) is 8.64. The van der Waals surface area contributed by atoms with E-state index < -0.39 is 0 Å². The molecule has 5 nitrogen and oxygen atoms in total. The molecule has 2 fully saturated rings. The lowest BCUT2D eigenvalue weighted by molar-refractivity contribution is -0.0205. The van der Waals surface area contributed by atoms with Crippen molar-refractivity contribution in [1.29, 1.82) is 0 Å². The Balaban J connectivity index is 1.29. The van der Waals surface area contributed by atoms with Gasteiger partial charge in [-0.3, -0.25) is 0 Å². The van der Waals surface area contributed by atoms with E-state index in [1.54, 1.807) is 12.4 Å². The second-order valence-electron chi connectivity index (χ2n) is 6.65. The molecule has 0 radical (unpaired) electrons. The third kappa shape index (κ3) is 3.42. The van der Waals surface area contributed by atoms with Crippen molar-refractivity contribution in [2.24, 2.45) is 0 Å². The highest BCUT2D eigenvalue weighted by molar-refractivity contribution is 5.29. The van der Waals surface area contributed by atoms with Crippen LogP contribution in [0, 0.1) is 0 Å². The number of piperidine rings is 1. The van der Waals surface area contributed by atoms with E-state index in [-0.39, 0.29) is 11.7 Å². The zero-order valence-electron chi connectivity index (χ0n) is 13.8. The molecular formula is C19H23N3O2. The number of ether oxygens (including phenoxy) is 2. The maximum atomic E-state index is 6.17. The average molecular weight is 325 g/mol. The van der Waals surface area contributed by atoms with E-state index in [2.05, 4.69) is 27.0 Å². The van der Waals surface area contributed by atoms with Crippen LogP contribution in [0.15, 0.2) is 48.8 Å². The van der Waals surface area contributed by atoms with Gasteiger partial charge in [-0.2, -0.15) is 0 Å². The molecule has 1 spiro atoms. The molecule has 2 aliphatic rings. The summed E-state index contributed by atoms with van der Waals surface area (Å²) in [7, 11) is 0. The van der Waals surface area contributed by atoms with Crippen molar-refractivity contribution >= 4 is 5.95 Å². The van der Waals surface area contributed by atoms with Crippen LogP contribution in [-0.4, -0.2) is 41.4 Å². The predicted octanol–water partition coefficient (Wildman–Crippen LogP) is 2.82. The minimum absolute atomic E-state index is 0.0212. The molecule has 0 saturated carbocycles. The van der Waals surface area contributed by atoms with Gasteiger partial charge in [-0.15, -0.1) is 0 Å². The molecule has 5 heteroatoms. The summed E-state index contributed by atoms with van der Waals surface area (Å²) in [6.07, 6.45) is 6.80. The number of aromatic nitrogens is 2. The molecule has 3 heterocycles. The van der Waals surface area contributed by atoms with E-state index in [0.29, 0.717) is 13.2 Å². The van der Waals surface area contributed by atoms with E-state index in [1.807, 2.05) is 24.3 Å². The molecule has 0 unspecified atom stereocenters. The number of hydrogen-bond donors (Lipinski definition) is 0. The van der Waals surface area contributed by atoms with Crippen molar-refractivity contribution in [3.63, 3.8) is 0 Å². The first-order valence-corrected chi connectivity index (χ1v) is 8.64. The van der Waals surface area contributed by atoms with E-state index in [4.69, 9.17) is 9.47 Å². The molecule has 126 valence electrons. The van der Waals surface area contributed by atoms with Crippen LogP contribution in [0.4, 0.5) is 5.95 Å². The number of benzene rings is 1. The summed E-state index contributed by atoms with van der Waals surface area (Å²) in [5.41, 5.74) is 1.20. The highest BCUT2D eigenvalue weighted by Gasteiger charge is 2.43. The summed E-state index contributed by atoms with van der Waals surface area (Å²) >= 11 is 0. The summed E-state index contributed by atoms with van der Waals surface area (Å²) in [6, 6.07) is 12.2. The summed E-state index contributed by atoms with van der Waals surface area (Å²) < 4.78 is 12.2. The Kier molecular flexibility index (Phi) is 4.45. The zero-order chi connectivity index (χ0) is 16.2. The molecule has 1 aromatic heterocycles. The quantitative estimate of drug-likeness (QED) is 0.865. The number of anilines is 1. The van der Waals surface area contributed by atoms with Crippen molar-refractivity contribution in [3.05, 3.63) is 54.4 Å². The van der Waals surface area contributed by atoms with Gasteiger partial charge in [0.15, 0.2) is 0 Å². The van der Waals surface area contributed by atoms with Gasteiger partial charge in [-0.05, 0) is 24.5 Å². The monoisotopic (exact) mass is 325 g/mol. The fourth-order valence-corrected chi connectivity index (χ4v) is 3.62. The van der Waals surface area contributed by atoms with Crippen LogP contribution in [0.1, 0.15) is 24.8 Å². The van der Waals surface area contributed by atoms with E-state index >= 15 is 0 Å². The Morgan fingerprint density at radius 2 is 1.83 bits per heavy atom. The smallest absolute Gasteiger partial charge is 0.225 e. The van der Waals surface area contributed by atoms with Crippen molar-refractivity contribution in [2.75, 3.05) is 24.6 Å². The van der Waals surface area contributed by atoms with Gasteiger partial charge in [-0.1, -0.05) is 30.3 Å². The molecule has 2 aliphatic heterocycles. The Morgan fingerprint density at radius 1 is 1.08 bits per heavy atom. The van der Waals surface area contributed by atoms with Gasteiger partial charge in [0.25, 0.3) is 0 Å². The van der Waals surface area contributed by atoms with Gasteiger partial charge in [0.2, 0.25) is 5.95 Å². The molecule has 0 amide bonds. The van der Waals surface area contributed by atoms with Gasteiger partial charge in [0.05, 0.1) is 24.9 Å². The summed E-state index contributed by atoms with van der Waals surface area (Å²) in [6.45, 7) is 3.24. The molecule has 24 heavy (non-hydrogen) atoms. The van der Waals surface area contributed by atoms with Crippen LogP contribution in [-0.2, 0) is 16.1 Å². The highest BCUT2D eigenvalue weighted by Crippen LogP contribution is 2.37. The SMILES string of the molecule is c1ccc(CO[C@H]2COC3(CCN(c4ncccn4)CC3)C2)cc1. The number of hydrogen-bond acceptors (Lipinski definition) is 5. The molecule has 0 aliphatic carbocycles. The van der Waals surface area contributed by atoms with Gasteiger partial charge in [0, 0.05) is 31.9 Å². The van der Waals surface area contributed by atoms with Crippen LogP contribution < -0.4 is 4.90 Å². The largest absolute Gasteiger partial charge is 0.372 e. The molecule has 2 saturated heterocycles. The van der Waals surface area contributed by atoms with Crippen LogP contribution in [0.25, 0.3) is 0 Å². The first-order chi connectivity index (χ1) is 11.8. The third-order valence-electron chi connectivity index (χ3n) is 5.01. The molecule has 4 rings (SSSR count). The summed E-state index contributed by atoms with van der Waals surface area (Å²) in [5, 5.41) is 0. The zero-order valence-corrected chi connectivity index (χ0v) is 13.8. The maximum absolute atomic E-state index is 6.17. The average Bonchev–Trinajstić information content (AvgIpc) is 3.05. The minimum Gasteiger partial charge on any atom is -0.372 e. The number of nitrogens with zero attached hydrogens (tertiary/aromatic N) is 3. The van der Waals surface area contributed by atoms with E-state index in [9.17, 15) is 0 Å². The lowest BCUT2D eigenvalue weighted by Crippen LogP contribution is -2.45. The summed E-state index contributed by atoms with van der Waals surface area (Å²) in [4.78, 5) is 10.9.